The van der Waals surface area contributed by atoms with Crippen molar-refractivity contribution >= 4 is 29.0 Å². The number of aliphatic hydroxyl groups is 1. The molecule has 0 spiro atoms. The lowest BCUT2D eigenvalue weighted by Crippen LogP contribution is -2.40. The second-order valence-corrected chi connectivity index (χ2v) is 6.63. The van der Waals surface area contributed by atoms with Crippen molar-refractivity contribution in [3.05, 3.63) is 22.2 Å². The molecule has 2 heterocycles. The first kappa shape index (κ1) is 15.6. The van der Waals surface area contributed by atoms with Gasteiger partial charge in [-0.05, 0) is 37.9 Å². The van der Waals surface area contributed by atoms with Crippen LogP contribution in [-0.4, -0.2) is 31.2 Å². The van der Waals surface area contributed by atoms with Crippen LogP contribution in [0, 0.1) is 24.1 Å². The van der Waals surface area contributed by atoms with E-state index in [1.54, 1.807) is 19.9 Å². The Morgan fingerprint density at radius 2 is 2.36 bits per heavy atom. The van der Waals surface area contributed by atoms with Gasteiger partial charge in [-0.1, -0.05) is 17.5 Å². The Bertz CT molecular complexity index is 754. The van der Waals surface area contributed by atoms with Crippen LogP contribution in [0.2, 0.25) is 0 Å². The third-order valence-corrected chi connectivity index (χ3v) is 5.14. The van der Waals surface area contributed by atoms with Gasteiger partial charge in [0.25, 0.3) is 0 Å². The van der Waals surface area contributed by atoms with Crippen molar-refractivity contribution < 1.29 is 9.84 Å². The molecule has 2 aliphatic rings. The first-order chi connectivity index (χ1) is 10.3. The van der Waals surface area contributed by atoms with E-state index in [2.05, 4.69) is 16.3 Å². The van der Waals surface area contributed by atoms with Gasteiger partial charge >= 0.3 is 5.69 Å². The van der Waals surface area contributed by atoms with Gasteiger partial charge in [0, 0.05) is 17.0 Å². The van der Waals surface area contributed by atoms with Gasteiger partial charge < -0.3 is 15.6 Å². The summed E-state index contributed by atoms with van der Waals surface area (Å²) >= 11 is 12.2. The molecule has 118 valence electrons. The molecule has 1 saturated carbocycles. The number of aliphatic hydroxyl groups excluding tert-OH is 1. The highest BCUT2D eigenvalue weighted by Gasteiger charge is 2.76. The lowest BCUT2D eigenvalue weighted by Gasteiger charge is -2.29. The molecule has 8 heteroatoms. The number of ether oxygens (including phenoxy) is 1. The molecule has 3 rings (SSSR count). The molecule has 5 atom stereocenters. The second kappa shape index (κ2) is 4.87. The summed E-state index contributed by atoms with van der Waals surface area (Å²) in [4.78, 5) is 14.7. The standard InChI is InChI=1S/C14H15Cl2N3O3/c1-7-5-10(17)18-12(21)19(7)11-13(16,3-4-15)9-6-14(9,22-11)8(2)20/h5,8-9,11,20H,6H2,1-2H3,(H2,17,18,21)/t8-,9?,11-,13?,14?/m1/s1. The van der Waals surface area contributed by atoms with Gasteiger partial charge in [0.2, 0.25) is 0 Å². The molecule has 0 amide bonds. The van der Waals surface area contributed by atoms with E-state index in [4.69, 9.17) is 33.7 Å². The van der Waals surface area contributed by atoms with Crippen LogP contribution in [0.3, 0.4) is 0 Å². The quantitative estimate of drug-likeness (QED) is 0.617. The molecular formula is C14H15Cl2N3O3. The highest BCUT2D eigenvalue weighted by Crippen LogP contribution is 2.67. The average Bonchev–Trinajstić information content (AvgIpc) is 3.08. The number of aromatic nitrogens is 2. The van der Waals surface area contributed by atoms with Crippen molar-refractivity contribution in [2.45, 2.75) is 43.1 Å². The normalized spacial score (nSPS) is 37.1. The number of hydrogen-bond donors (Lipinski definition) is 2. The monoisotopic (exact) mass is 343 g/mol. The molecule has 3 unspecified atom stereocenters. The third-order valence-electron chi connectivity index (χ3n) is 4.50. The number of nitrogen functional groups attached to an aromatic ring is 1. The van der Waals surface area contributed by atoms with E-state index >= 15 is 0 Å². The van der Waals surface area contributed by atoms with Crippen molar-refractivity contribution in [1.29, 1.82) is 0 Å². The van der Waals surface area contributed by atoms with Gasteiger partial charge in [-0.15, -0.1) is 0 Å². The van der Waals surface area contributed by atoms with E-state index in [1.165, 1.54) is 4.57 Å². The van der Waals surface area contributed by atoms with Crippen LogP contribution in [0.4, 0.5) is 5.82 Å². The largest absolute Gasteiger partial charge is 0.390 e. The van der Waals surface area contributed by atoms with Crippen LogP contribution >= 0.6 is 23.2 Å². The Morgan fingerprint density at radius 3 is 2.91 bits per heavy atom. The van der Waals surface area contributed by atoms with Crippen molar-refractivity contribution in [1.82, 2.24) is 9.55 Å². The van der Waals surface area contributed by atoms with Crippen LogP contribution in [-0.2, 0) is 4.74 Å². The van der Waals surface area contributed by atoms with Crippen molar-refractivity contribution in [2.24, 2.45) is 5.92 Å². The predicted octanol–water partition coefficient (Wildman–Crippen LogP) is 0.980. The number of aryl methyl sites for hydroxylation is 1. The number of hydrogen-bond acceptors (Lipinski definition) is 5. The molecule has 2 fully saturated rings. The predicted molar refractivity (Wildman–Crippen MR) is 82.5 cm³/mol. The summed E-state index contributed by atoms with van der Waals surface area (Å²) in [5.74, 6) is 2.64. The number of halogens is 2. The summed E-state index contributed by atoms with van der Waals surface area (Å²) in [6.07, 6.45) is -1.07. The molecule has 3 N–H and O–H groups in total. The first-order valence-electron chi connectivity index (χ1n) is 6.79. The molecule has 1 aliphatic heterocycles. The van der Waals surface area contributed by atoms with Crippen LogP contribution in [0.1, 0.15) is 25.3 Å². The van der Waals surface area contributed by atoms with Gasteiger partial charge in [0.1, 0.15) is 11.4 Å². The fourth-order valence-corrected chi connectivity index (χ4v) is 3.95. The zero-order valence-electron chi connectivity index (χ0n) is 12.0. The SMILES string of the molecule is Cc1cc(N)nc(=O)n1[C@@H]1OC2([C@@H](C)O)CC2C1(Cl)C#CCl. The van der Waals surface area contributed by atoms with Gasteiger partial charge in [0.05, 0.1) is 6.10 Å². The minimum absolute atomic E-state index is 0.121. The minimum atomic E-state index is -1.20. The topological polar surface area (TPSA) is 90.4 Å². The number of nitrogens with two attached hydrogens (primary N) is 1. The Hall–Kier alpha value is -1.26. The molecular weight excluding hydrogens is 329 g/mol. The highest BCUT2D eigenvalue weighted by atomic mass is 35.5. The molecule has 1 saturated heterocycles. The van der Waals surface area contributed by atoms with E-state index < -0.39 is 28.5 Å². The summed E-state index contributed by atoms with van der Waals surface area (Å²) in [6, 6.07) is 1.55. The average molecular weight is 344 g/mol. The van der Waals surface area contributed by atoms with Crippen molar-refractivity contribution in [2.75, 3.05) is 5.73 Å². The number of nitrogens with zero attached hydrogens (tertiary/aromatic N) is 2. The molecule has 0 aromatic carbocycles. The van der Waals surface area contributed by atoms with E-state index in [-0.39, 0.29) is 11.7 Å². The Labute approximate surface area is 137 Å². The maximum Gasteiger partial charge on any atom is 0.351 e. The van der Waals surface area contributed by atoms with Gasteiger partial charge in [0.15, 0.2) is 11.1 Å². The first-order valence-corrected chi connectivity index (χ1v) is 7.55. The van der Waals surface area contributed by atoms with Crippen LogP contribution in [0.25, 0.3) is 0 Å². The summed E-state index contributed by atoms with van der Waals surface area (Å²) in [5.41, 5.74) is 4.74. The van der Waals surface area contributed by atoms with E-state index in [9.17, 15) is 9.90 Å². The molecule has 1 aromatic heterocycles. The van der Waals surface area contributed by atoms with Crippen molar-refractivity contribution in [3.8, 4) is 11.3 Å². The maximum absolute atomic E-state index is 12.2. The van der Waals surface area contributed by atoms with E-state index in [0.717, 1.165) is 0 Å². The summed E-state index contributed by atoms with van der Waals surface area (Å²) < 4.78 is 7.29. The highest BCUT2D eigenvalue weighted by molar-refractivity contribution is 6.32. The molecule has 6 nitrogen and oxygen atoms in total. The van der Waals surface area contributed by atoms with Crippen LogP contribution in [0.5, 0.6) is 0 Å². The molecule has 0 bridgehead atoms. The lowest BCUT2D eigenvalue weighted by atomic mass is 10.00. The van der Waals surface area contributed by atoms with Crippen molar-refractivity contribution in [3.63, 3.8) is 0 Å². The second-order valence-electron chi connectivity index (χ2n) is 5.82. The fraction of sp³-hybridized carbons (Fsp3) is 0.571. The summed E-state index contributed by atoms with van der Waals surface area (Å²) in [6.45, 7) is 3.33. The van der Waals surface area contributed by atoms with Gasteiger partial charge in [-0.2, -0.15) is 4.98 Å². The zero-order chi connectivity index (χ0) is 16.3. The maximum atomic E-state index is 12.2. The third kappa shape index (κ3) is 1.97. The Morgan fingerprint density at radius 1 is 1.68 bits per heavy atom. The van der Waals surface area contributed by atoms with Gasteiger partial charge in [-0.25, -0.2) is 4.79 Å². The van der Waals surface area contributed by atoms with Crippen LogP contribution in [0.15, 0.2) is 10.9 Å². The minimum Gasteiger partial charge on any atom is -0.390 e. The van der Waals surface area contributed by atoms with Gasteiger partial charge in [-0.3, -0.25) is 4.57 Å². The lowest BCUT2D eigenvalue weighted by molar-refractivity contribution is -0.0944. The smallest absolute Gasteiger partial charge is 0.351 e. The number of anilines is 1. The Kier molecular flexibility index (Phi) is 3.46. The van der Waals surface area contributed by atoms with E-state index in [0.29, 0.717) is 12.1 Å². The molecule has 1 aliphatic carbocycles. The zero-order valence-corrected chi connectivity index (χ0v) is 13.5. The number of rotatable bonds is 2. The van der Waals surface area contributed by atoms with E-state index in [1.807, 2.05) is 0 Å². The summed E-state index contributed by atoms with van der Waals surface area (Å²) in [7, 11) is 0. The van der Waals surface area contributed by atoms with Crippen LogP contribution < -0.4 is 11.4 Å². The molecule has 1 aromatic rings. The molecule has 0 radical (unpaired) electrons. The number of fused-ring (bicyclic) bond motifs is 1. The molecule has 22 heavy (non-hydrogen) atoms. The summed E-state index contributed by atoms with van der Waals surface area (Å²) in [5, 5.41) is 12.3. The fourth-order valence-electron chi connectivity index (χ4n) is 3.30. The number of alkyl halides is 1. The Balaban J connectivity index is 2.14.